The van der Waals surface area contributed by atoms with Gasteiger partial charge >= 0.3 is 0 Å². The SMILES string of the molecule is Oc1c(Cl)cc(F)c(F)c1C1CCNCC1. The van der Waals surface area contributed by atoms with E-state index in [0.29, 0.717) is 12.8 Å². The molecule has 2 rings (SSSR count). The first-order valence-electron chi connectivity index (χ1n) is 5.18. The molecule has 0 aromatic heterocycles. The standard InChI is InChI=1S/C11H12ClF2NO/c12-7-5-8(13)10(14)9(11(7)16)6-1-3-15-4-2-6/h5-6,15-16H,1-4H2. The molecule has 0 amide bonds. The number of phenolic OH excluding ortho intramolecular Hbond substituents is 1. The molecule has 5 heteroatoms. The predicted molar refractivity (Wildman–Crippen MR) is 57.9 cm³/mol. The second-order valence-electron chi connectivity index (χ2n) is 3.94. The third kappa shape index (κ3) is 1.99. The van der Waals surface area contributed by atoms with Gasteiger partial charge in [0, 0.05) is 5.56 Å². The second-order valence-corrected chi connectivity index (χ2v) is 4.35. The number of hydrogen-bond donors (Lipinski definition) is 2. The van der Waals surface area contributed by atoms with Gasteiger partial charge in [-0.2, -0.15) is 0 Å². The van der Waals surface area contributed by atoms with Crippen molar-refractivity contribution in [2.24, 2.45) is 0 Å². The molecule has 16 heavy (non-hydrogen) atoms. The molecule has 1 aromatic carbocycles. The van der Waals surface area contributed by atoms with Gasteiger partial charge in [-0.05, 0) is 37.9 Å². The van der Waals surface area contributed by atoms with Crippen molar-refractivity contribution in [2.45, 2.75) is 18.8 Å². The molecule has 0 radical (unpaired) electrons. The van der Waals surface area contributed by atoms with Gasteiger partial charge in [0.2, 0.25) is 0 Å². The molecule has 0 bridgehead atoms. The highest BCUT2D eigenvalue weighted by Gasteiger charge is 2.26. The number of nitrogens with one attached hydrogen (secondary N) is 1. The molecular formula is C11H12ClF2NO. The molecule has 88 valence electrons. The molecular weight excluding hydrogens is 236 g/mol. The van der Waals surface area contributed by atoms with Crippen molar-refractivity contribution in [3.63, 3.8) is 0 Å². The van der Waals surface area contributed by atoms with Crippen molar-refractivity contribution in [3.05, 3.63) is 28.3 Å². The molecule has 0 saturated carbocycles. The first-order chi connectivity index (χ1) is 7.61. The number of phenols is 1. The first-order valence-corrected chi connectivity index (χ1v) is 5.56. The number of halogens is 3. The summed E-state index contributed by atoms with van der Waals surface area (Å²) in [5.41, 5.74) is 0.0199. The van der Waals surface area contributed by atoms with Crippen LogP contribution in [-0.4, -0.2) is 18.2 Å². The number of piperidine rings is 1. The highest BCUT2D eigenvalue weighted by molar-refractivity contribution is 6.32. The molecule has 1 fully saturated rings. The van der Waals surface area contributed by atoms with E-state index in [2.05, 4.69) is 5.32 Å². The van der Waals surface area contributed by atoms with E-state index in [1.54, 1.807) is 0 Å². The summed E-state index contributed by atoms with van der Waals surface area (Å²) in [6.07, 6.45) is 1.34. The van der Waals surface area contributed by atoms with Gasteiger partial charge in [0.05, 0.1) is 5.02 Å². The zero-order valence-corrected chi connectivity index (χ0v) is 9.32. The highest BCUT2D eigenvalue weighted by Crippen LogP contribution is 2.39. The topological polar surface area (TPSA) is 32.3 Å². The third-order valence-corrected chi connectivity index (χ3v) is 3.22. The molecule has 0 aliphatic carbocycles. The number of hydrogen-bond acceptors (Lipinski definition) is 2. The molecule has 0 atom stereocenters. The van der Waals surface area contributed by atoms with E-state index in [9.17, 15) is 13.9 Å². The van der Waals surface area contributed by atoms with Crippen LogP contribution in [0.15, 0.2) is 6.07 Å². The summed E-state index contributed by atoms with van der Waals surface area (Å²) in [7, 11) is 0. The molecule has 0 unspecified atom stereocenters. The van der Waals surface area contributed by atoms with Gasteiger partial charge in [0.1, 0.15) is 5.75 Å². The zero-order chi connectivity index (χ0) is 11.7. The van der Waals surface area contributed by atoms with Gasteiger partial charge in [-0.3, -0.25) is 0 Å². The molecule has 1 heterocycles. The number of rotatable bonds is 1. The average Bonchev–Trinajstić information content (AvgIpc) is 2.28. The molecule has 2 N–H and O–H groups in total. The monoisotopic (exact) mass is 247 g/mol. The summed E-state index contributed by atoms with van der Waals surface area (Å²) in [5.74, 6) is -2.48. The van der Waals surface area contributed by atoms with E-state index in [4.69, 9.17) is 11.6 Å². The minimum absolute atomic E-state index is 0.0199. The fraction of sp³-hybridized carbons (Fsp3) is 0.455. The van der Waals surface area contributed by atoms with Crippen LogP contribution in [0.25, 0.3) is 0 Å². The Morgan fingerprint density at radius 1 is 1.31 bits per heavy atom. The van der Waals surface area contributed by atoms with Crippen molar-refractivity contribution < 1.29 is 13.9 Å². The maximum atomic E-state index is 13.6. The average molecular weight is 248 g/mol. The Balaban J connectivity index is 2.45. The van der Waals surface area contributed by atoms with Crippen LogP contribution in [0.4, 0.5) is 8.78 Å². The maximum absolute atomic E-state index is 13.6. The van der Waals surface area contributed by atoms with E-state index in [1.165, 1.54) is 0 Å². The van der Waals surface area contributed by atoms with E-state index in [-0.39, 0.29) is 22.3 Å². The molecule has 1 aliphatic rings. The molecule has 1 aromatic rings. The first kappa shape index (κ1) is 11.6. The summed E-state index contributed by atoms with van der Waals surface area (Å²) in [4.78, 5) is 0. The fourth-order valence-electron chi connectivity index (χ4n) is 2.09. The normalized spacial score (nSPS) is 17.7. The van der Waals surface area contributed by atoms with E-state index >= 15 is 0 Å². The lowest BCUT2D eigenvalue weighted by molar-refractivity contribution is 0.396. The van der Waals surface area contributed by atoms with Gasteiger partial charge in [0.25, 0.3) is 0 Å². The van der Waals surface area contributed by atoms with Crippen molar-refractivity contribution in [1.82, 2.24) is 5.32 Å². The molecule has 2 nitrogen and oxygen atoms in total. The highest BCUT2D eigenvalue weighted by atomic mass is 35.5. The quantitative estimate of drug-likeness (QED) is 0.748. The van der Waals surface area contributed by atoms with Crippen LogP contribution in [-0.2, 0) is 0 Å². The van der Waals surface area contributed by atoms with Crippen molar-refractivity contribution in [2.75, 3.05) is 13.1 Å². The van der Waals surface area contributed by atoms with Crippen LogP contribution in [0, 0.1) is 11.6 Å². The Labute approximate surface area is 97.2 Å². The summed E-state index contributed by atoms with van der Waals surface area (Å²) in [6, 6.07) is 0.802. The molecule has 0 spiro atoms. The van der Waals surface area contributed by atoms with E-state index in [0.717, 1.165) is 19.2 Å². The minimum atomic E-state index is -1.00. The Bertz CT molecular complexity index is 379. The molecule has 1 aliphatic heterocycles. The van der Waals surface area contributed by atoms with Crippen molar-refractivity contribution in [3.8, 4) is 5.75 Å². The van der Waals surface area contributed by atoms with Crippen LogP contribution < -0.4 is 5.32 Å². The lowest BCUT2D eigenvalue weighted by Crippen LogP contribution is -2.27. The van der Waals surface area contributed by atoms with Crippen molar-refractivity contribution >= 4 is 11.6 Å². The largest absolute Gasteiger partial charge is 0.506 e. The Hall–Kier alpha value is -0.870. The Morgan fingerprint density at radius 2 is 1.94 bits per heavy atom. The van der Waals surface area contributed by atoms with Crippen LogP contribution >= 0.6 is 11.6 Å². The second kappa shape index (κ2) is 4.55. The van der Waals surface area contributed by atoms with Crippen LogP contribution in [0.1, 0.15) is 24.3 Å². The van der Waals surface area contributed by atoms with E-state index in [1.807, 2.05) is 0 Å². The number of aromatic hydroxyl groups is 1. The van der Waals surface area contributed by atoms with Crippen molar-refractivity contribution in [1.29, 1.82) is 0 Å². The van der Waals surface area contributed by atoms with Gasteiger partial charge in [0.15, 0.2) is 11.6 Å². The summed E-state index contributed by atoms with van der Waals surface area (Å²) >= 11 is 5.64. The predicted octanol–water partition coefficient (Wildman–Crippen LogP) is 2.79. The fourth-order valence-corrected chi connectivity index (χ4v) is 2.28. The smallest absolute Gasteiger partial charge is 0.166 e. The van der Waals surface area contributed by atoms with Crippen LogP contribution in [0.3, 0.4) is 0 Å². The Morgan fingerprint density at radius 3 is 2.56 bits per heavy atom. The third-order valence-electron chi connectivity index (χ3n) is 2.93. The summed E-state index contributed by atoms with van der Waals surface area (Å²) in [6.45, 7) is 1.47. The van der Waals surface area contributed by atoms with Gasteiger partial charge < -0.3 is 10.4 Å². The van der Waals surface area contributed by atoms with Crippen LogP contribution in [0.2, 0.25) is 5.02 Å². The maximum Gasteiger partial charge on any atom is 0.166 e. The zero-order valence-electron chi connectivity index (χ0n) is 8.56. The van der Waals surface area contributed by atoms with Gasteiger partial charge in [-0.25, -0.2) is 8.78 Å². The lowest BCUT2D eigenvalue weighted by Gasteiger charge is -2.24. The lowest BCUT2D eigenvalue weighted by atomic mass is 9.89. The minimum Gasteiger partial charge on any atom is -0.506 e. The van der Waals surface area contributed by atoms with Gasteiger partial charge in [-0.1, -0.05) is 11.6 Å². The number of benzene rings is 1. The van der Waals surface area contributed by atoms with Gasteiger partial charge in [-0.15, -0.1) is 0 Å². The molecule has 1 saturated heterocycles. The van der Waals surface area contributed by atoms with E-state index < -0.39 is 11.6 Å². The summed E-state index contributed by atoms with van der Waals surface area (Å²) in [5, 5.41) is 12.7. The summed E-state index contributed by atoms with van der Waals surface area (Å²) < 4.78 is 26.8. The van der Waals surface area contributed by atoms with Crippen LogP contribution in [0.5, 0.6) is 5.75 Å². The Kier molecular flexibility index (Phi) is 3.30.